The molecule has 0 bridgehead atoms. The van der Waals surface area contributed by atoms with Gasteiger partial charge in [0.15, 0.2) is 0 Å². The molecule has 21 heavy (non-hydrogen) atoms. The lowest BCUT2D eigenvalue weighted by Gasteiger charge is -2.13. The predicted octanol–water partition coefficient (Wildman–Crippen LogP) is 4.59. The van der Waals surface area contributed by atoms with E-state index >= 15 is 0 Å². The fraction of sp³-hybridized carbons (Fsp3) is 0.105. The summed E-state index contributed by atoms with van der Waals surface area (Å²) in [6, 6.07) is 19.6. The normalized spacial score (nSPS) is 10.6. The van der Waals surface area contributed by atoms with Crippen molar-refractivity contribution in [1.29, 1.82) is 0 Å². The van der Waals surface area contributed by atoms with Crippen molar-refractivity contribution in [2.24, 2.45) is 0 Å². The van der Waals surface area contributed by atoms with Gasteiger partial charge in [0.1, 0.15) is 5.76 Å². The van der Waals surface area contributed by atoms with Crippen molar-refractivity contribution in [3.63, 3.8) is 0 Å². The van der Waals surface area contributed by atoms with Gasteiger partial charge in [-0.2, -0.15) is 0 Å². The number of rotatable bonds is 2. The average molecular weight is 276 g/mol. The third kappa shape index (κ3) is 2.40. The molecule has 0 unspecified atom stereocenters. The Hall–Kier alpha value is -2.61. The highest BCUT2D eigenvalue weighted by molar-refractivity contribution is 5.84. The second-order valence-corrected chi connectivity index (χ2v) is 5.05. The summed E-state index contributed by atoms with van der Waals surface area (Å²) in [6.45, 7) is 3.82. The molecule has 1 heterocycles. The Kier molecular flexibility index (Phi) is 3.44. The standard InChI is InChI=1S/C19H16O2/c1-13-14(2)21-19(20)18(16-11-7-4-8-12-16)17(13)15-9-5-3-6-10-15/h3-12H,1-2H3. The minimum absolute atomic E-state index is 0.289. The van der Waals surface area contributed by atoms with Crippen LogP contribution < -0.4 is 5.63 Å². The molecule has 0 saturated heterocycles. The number of aryl methyl sites for hydroxylation is 1. The fourth-order valence-electron chi connectivity index (χ4n) is 2.56. The lowest BCUT2D eigenvalue weighted by atomic mass is 9.92. The smallest absolute Gasteiger partial charge is 0.344 e. The van der Waals surface area contributed by atoms with Crippen molar-refractivity contribution in [3.05, 3.63) is 82.4 Å². The van der Waals surface area contributed by atoms with E-state index in [0.29, 0.717) is 11.3 Å². The first-order valence-electron chi connectivity index (χ1n) is 6.93. The third-order valence-electron chi connectivity index (χ3n) is 3.73. The van der Waals surface area contributed by atoms with Gasteiger partial charge in [-0.15, -0.1) is 0 Å². The van der Waals surface area contributed by atoms with E-state index in [4.69, 9.17) is 4.42 Å². The molecule has 2 nitrogen and oxygen atoms in total. The zero-order valence-electron chi connectivity index (χ0n) is 12.1. The van der Waals surface area contributed by atoms with E-state index in [9.17, 15) is 4.79 Å². The van der Waals surface area contributed by atoms with Gasteiger partial charge in [0.2, 0.25) is 0 Å². The lowest BCUT2D eigenvalue weighted by Crippen LogP contribution is -2.08. The molecule has 0 spiro atoms. The maximum Gasteiger partial charge on any atom is 0.344 e. The highest BCUT2D eigenvalue weighted by Gasteiger charge is 2.17. The minimum atomic E-state index is -0.289. The van der Waals surface area contributed by atoms with Gasteiger partial charge in [0.05, 0.1) is 5.56 Å². The van der Waals surface area contributed by atoms with Crippen molar-refractivity contribution < 1.29 is 4.42 Å². The van der Waals surface area contributed by atoms with E-state index in [1.54, 1.807) is 0 Å². The highest BCUT2D eigenvalue weighted by Crippen LogP contribution is 2.33. The summed E-state index contributed by atoms with van der Waals surface area (Å²) >= 11 is 0. The summed E-state index contributed by atoms with van der Waals surface area (Å²) in [5.41, 5.74) is 4.21. The van der Waals surface area contributed by atoms with E-state index in [-0.39, 0.29) is 5.63 Å². The average Bonchev–Trinajstić information content (AvgIpc) is 2.52. The van der Waals surface area contributed by atoms with Crippen LogP contribution in [0.25, 0.3) is 22.3 Å². The van der Waals surface area contributed by atoms with Gasteiger partial charge in [-0.25, -0.2) is 4.79 Å². The van der Waals surface area contributed by atoms with Crippen molar-refractivity contribution in [2.45, 2.75) is 13.8 Å². The monoisotopic (exact) mass is 276 g/mol. The first-order valence-corrected chi connectivity index (χ1v) is 6.93. The molecule has 3 aromatic rings. The third-order valence-corrected chi connectivity index (χ3v) is 3.73. The maximum atomic E-state index is 12.4. The number of hydrogen-bond donors (Lipinski definition) is 0. The Bertz CT molecular complexity index is 815. The molecule has 0 saturated carbocycles. The molecule has 0 atom stereocenters. The maximum absolute atomic E-state index is 12.4. The molecule has 104 valence electrons. The molecule has 0 aliphatic carbocycles. The zero-order chi connectivity index (χ0) is 14.8. The van der Waals surface area contributed by atoms with Gasteiger partial charge >= 0.3 is 5.63 Å². The Labute approximate surface area is 123 Å². The van der Waals surface area contributed by atoms with Crippen LogP contribution >= 0.6 is 0 Å². The van der Waals surface area contributed by atoms with E-state index < -0.39 is 0 Å². The summed E-state index contributed by atoms with van der Waals surface area (Å²) < 4.78 is 5.40. The number of hydrogen-bond acceptors (Lipinski definition) is 2. The molecule has 0 aliphatic heterocycles. The lowest BCUT2D eigenvalue weighted by molar-refractivity contribution is 0.479. The zero-order valence-corrected chi connectivity index (χ0v) is 12.1. The largest absolute Gasteiger partial charge is 0.427 e. The molecule has 0 amide bonds. The van der Waals surface area contributed by atoms with Crippen LogP contribution in [-0.4, -0.2) is 0 Å². The van der Waals surface area contributed by atoms with Crippen molar-refractivity contribution >= 4 is 0 Å². The fourth-order valence-corrected chi connectivity index (χ4v) is 2.56. The van der Waals surface area contributed by atoms with E-state index in [0.717, 1.165) is 22.3 Å². The molecule has 0 radical (unpaired) electrons. The Morgan fingerprint density at radius 1 is 0.714 bits per heavy atom. The summed E-state index contributed by atoms with van der Waals surface area (Å²) in [5.74, 6) is 0.665. The van der Waals surface area contributed by atoms with Gasteiger partial charge in [-0.3, -0.25) is 0 Å². The van der Waals surface area contributed by atoms with Crippen molar-refractivity contribution in [2.75, 3.05) is 0 Å². The molecular weight excluding hydrogens is 260 g/mol. The summed E-state index contributed by atoms with van der Waals surface area (Å²) in [7, 11) is 0. The van der Waals surface area contributed by atoms with Crippen LogP contribution in [0.2, 0.25) is 0 Å². The minimum Gasteiger partial charge on any atom is -0.427 e. The molecular formula is C19H16O2. The van der Waals surface area contributed by atoms with Crippen LogP contribution in [-0.2, 0) is 0 Å². The molecule has 2 aromatic carbocycles. The first-order chi connectivity index (χ1) is 10.2. The molecule has 0 N–H and O–H groups in total. The van der Waals surface area contributed by atoms with Crippen molar-refractivity contribution in [1.82, 2.24) is 0 Å². The topological polar surface area (TPSA) is 30.2 Å². The Morgan fingerprint density at radius 3 is 1.71 bits per heavy atom. The van der Waals surface area contributed by atoms with Gasteiger partial charge in [-0.05, 0) is 30.5 Å². The van der Waals surface area contributed by atoms with Crippen LogP contribution in [0.15, 0.2) is 69.9 Å². The van der Waals surface area contributed by atoms with E-state index in [2.05, 4.69) is 0 Å². The molecule has 3 rings (SSSR count). The van der Waals surface area contributed by atoms with Gasteiger partial charge < -0.3 is 4.42 Å². The first kappa shape index (κ1) is 13.4. The quantitative estimate of drug-likeness (QED) is 0.685. The summed E-state index contributed by atoms with van der Waals surface area (Å²) in [5, 5.41) is 0. The van der Waals surface area contributed by atoms with Crippen LogP contribution in [0.5, 0.6) is 0 Å². The number of benzene rings is 2. The van der Waals surface area contributed by atoms with Crippen LogP contribution in [0.3, 0.4) is 0 Å². The van der Waals surface area contributed by atoms with Crippen molar-refractivity contribution in [3.8, 4) is 22.3 Å². The Balaban J connectivity index is 2.40. The van der Waals surface area contributed by atoms with Crippen LogP contribution in [0.4, 0.5) is 0 Å². The molecule has 0 aliphatic rings. The van der Waals surface area contributed by atoms with E-state index in [1.165, 1.54) is 0 Å². The molecule has 1 aromatic heterocycles. The van der Waals surface area contributed by atoms with Gasteiger partial charge in [0.25, 0.3) is 0 Å². The van der Waals surface area contributed by atoms with Crippen LogP contribution in [0, 0.1) is 13.8 Å². The molecule has 0 fully saturated rings. The SMILES string of the molecule is Cc1oc(=O)c(-c2ccccc2)c(-c2ccccc2)c1C. The predicted molar refractivity (Wildman–Crippen MR) is 85.3 cm³/mol. The van der Waals surface area contributed by atoms with Crippen LogP contribution in [0.1, 0.15) is 11.3 Å². The summed E-state index contributed by atoms with van der Waals surface area (Å²) in [6.07, 6.45) is 0. The van der Waals surface area contributed by atoms with E-state index in [1.807, 2.05) is 74.5 Å². The Morgan fingerprint density at radius 2 is 1.19 bits per heavy atom. The molecule has 2 heteroatoms. The second kappa shape index (κ2) is 5.41. The second-order valence-electron chi connectivity index (χ2n) is 5.05. The summed E-state index contributed by atoms with van der Waals surface area (Å²) in [4.78, 5) is 12.4. The highest BCUT2D eigenvalue weighted by atomic mass is 16.4. The van der Waals surface area contributed by atoms with Gasteiger partial charge in [-0.1, -0.05) is 60.7 Å². The van der Waals surface area contributed by atoms with Gasteiger partial charge in [0, 0.05) is 5.56 Å².